The van der Waals surface area contributed by atoms with Crippen LogP contribution < -0.4 is 10.5 Å². The molecule has 0 aliphatic heterocycles. The lowest BCUT2D eigenvalue weighted by Crippen LogP contribution is -2.09. The lowest BCUT2D eigenvalue weighted by atomic mass is 10.1. The van der Waals surface area contributed by atoms with Gasteiger partial charge in [0.05, 0.1) is 7.11 Å². The molecule has 0 amide bonds. The van der Waals surface area contributed by atoms with Gasteiger partial charge in [-0.2, -0.15) is 0 Å². The van der Waals surface area contributed by atoms with Gasteiger partial charge in [-0.05, 0) is 50.6 Å². The highest BCUT2D eigenvalue weighted by Gasteiger charge is 2.11. The minimum absolute atomic E-state index is 0.187. The fourth-order valence-corrected chi connectivity index (χ4v) is 2.17. The number of nitrogens with two attached hydrogens (primary N) is 1. The van der Waals surface area contributed by atoms with Gasteiger partial charge in [0.1, 0.15) is 0 Å². The minimum Gasteiger partial charge on any atom is -0.494 e. The second-order valence-corrected chi connectivity index (χ2v) is 4.58. The zero-order valence-electron chi connectivity index (χ0n) is 11.9. The van der Waals surface area contributed by atoms with Gasteiger partial charge >= 0.3 is 0 Å². The van der Waals surface area contributed by atoms with Crippen LogP contribution in [0.25, 0.3) is 11.4 Å². The van der Waals surface area contributed by atoms with Crippen molar-refractivity contribution in [3.8, 4) is 17.1 Å². The summed E-state index contributed by atoms with van der Waals surface area (Å²) in [7, 11) is 1.43. The molecule has 20 heavy (non-hydrogen) atoms. The van der Waals surface area contributed by atoms with Crippen LogP contribution in [0.15, 0.2) is 18.2 Å². The van der Waals surface area contributed by atoms with E-state index in [9.17, 15) is 4.39 Å². The fraction of sp³-hybridized carbons (Fsp3) is 0.333. The quantitative estimate of drug-likeness (QED) is 0.930. The van der Waals surface area contributed by atoms with Crippen LogP contribution in [0.5, 0.6) is 5.75 Å². The van der Waals surface area contributed by atoms with Crippen LogP contribution in [0.1, 0.15) is 17.0 Å². The molecule has 0 spiro atoms. The van der Waals surface area contributed by atoms with Crippen LogP contribution in [0.3, 0.4) is 0 Å². The molecule has 0 aliphatic rings. The summed E-state index contributed by atoms with van der Waals surface area (Å²) in [5, 5.41) is 0. The van der Waals surface area contributed by atoms with Crippen LogP contribution in [-0.2, 0) is 6.42 Å². The Balaban J connectivity index is 2.48. The van der Waals surface area contributed by atoms with E-state index in [-0.39, 0.29) is 5.75 Å². The van der Waals surface area contributed by atoms with Gasteiger partial charge in [0.2, 0.25) is 0 Å². The van der Waals surface area contributed by atoms with Crippen molar-refractivity contribution < 1.29 is 9.13 Å². The summed E-state index contributed by atoms with van der Waals surface area (Å²) in [6.45, 7) is 4.43. The maximum Gasteiger partial charge on any atom is 0.165 e. The summed E-state index contributed by atoms with van der Waals surface area (Å²) in [6, 6.07) is 4.61. The number of nitrogens with zero attached hydrogens (tertiary/aromatic N) is 2. The third-order valence-electron chi connectivity index (χ3n) is 3.22. The van der Waals surface area contributed by atoms with Gasteiger partial charge in [0.15, 0.2) is 17.4 Å². The Kier molecular flexibility index (Phi) is 4.29. The largest absolute Gasteiger partial charge is 0.494 e. The molecule has 0 radical (unpaired) electrons. The van der Waals surface area contributed by atoms with Crippen LogP contribution in [0.2, 0.25) is 0 Å². The zero-order chi connectivity index (χ0) is 14.7. The number of benzene rings is 1. The summed E-state index contributed by atoms with van der Waals surface area (Å²) >= 11 is 0. The normalized spacial score (nSPS) is 10.7. The molecule has 0 saturated heterocycles. The van der Waals surface area contributed by atoms with Gasteiger partial charge in [-0.3, -0.25) is 0 Å². The highest BCUT2D eigenvalue weighted by molar-refractivity contribution is 5.58. The van der Waals surface area contributed by atoms with E-state index in [0.29, 0.717) is 12.4 Å². The van der Waals surface area contributed by atoms with Gasteiger partial charge in [0.25, 0.3) is 0 Å². The molecular weight excluding hydrogens is 257 g/mol. The maximum absolute atomic E-state index is 13.4. The Labute approximate surface area is 117 Å². The first-order chi connectivity index (χ1) is 9.56. The SMILES string of the molecule is COc1cc(-c2nc(C)c(CCN)c(C)n2)ccc1F. The molecule has 4 nitrogen and oxygen atoms in total. The van der Waals surface area contributed by atoms with E-state index in [1.54, 1.807) is 12.1 Å². The molecule has 0 bridgehead atoms. The highest BCUT2D eigenvalue weighted by atomic mass is 19.1. The molecule has 2 N–H and O–H groups in total. The molecular formula is C15H18FN3O. The molecule has 0 fully saturated rings. The standard InChI is InChI=1S/C15H18FN3O/c1-9-12(6-7-17)10(2)19-15(18-9)11-4-5-13(16)14(8-11)20-3/h4-5,8H,6-7,17H2,1-3H3. The van der Waals surface area contributed by atoms with Gasteiger partial charge < -0.3 is 10.5 Å². The topological polar surface area (TPSA) is 61.0 Å². The zero-order valence-corrected chi connectivity index (χ0v) is 11.9. The van der Waals surface area contributed by atoms with Crippen molar-refractivity contribution in [1.29, 1.82) is 0 Å². The lowest BCUT2D eigenvalue weighted by molar-refractivity contribution is 0.386. The highest BCUT2D eigenvalue weighted by Crippen LogP contribution is 2.25. The van der Waals surface area contributed by atoms with E-state index < -0.39 is 5.82 Å². The Morgan fingerprint density at radius 2 is 1.85 bits per heavy atom. The summed E-state index contributed by atoms with van der Waals surface area (Å²) in [4.78, 5) is 8.97. The van der Waals surface area contributed by atoms with E-state index >= 15 is 0 Å². The third kappa shape index (κ3) is 2.77. The summed E-state index contributed by atoms with van der Waals surface area (Å²) in [6.07, 6.45) is 0.755. The van der Waals surface area contributed by atoms with Gasteiger partial charge in [-0.25, -0.2) is 14.4 Å². The van der Waals surface area contributed by atoms with Gasteiger partial charge in [-0.15, -0.1) is 0 Å². The summed E-state index contributed by atoms with van der Waals surface area (Å²) in [5.41, 5.74) is 9.20. The number of hydrogen-bond donors (Lipinski definition) is 1. The monoisotopic (exact) mass is 275 g/mol. The van der Waals surface area contributed by atoms with E-state index in [0.717, 1.165) is 28.9 Å². The minimum atomic E-state index is -0.399. The Morgan fingerprint density at radius 3 is 2.40 bits per heavy atom. The maximum atomic E-state index is 13.4. The van der Waals surface area contributed by atoms with Crippen LogP contribution in [-0.4, -0.2) is 23.6 Å². The van der Waals surface area contributed by atoms with Gasteiger partial charge in [-0.1, -0.05) is 0 Å². The molecule has 0 saturated carbocycles. The molecule has 1 aromatic heterocycles. The van der Waals surface area contributed by atoms with E-state index in [1.807, 2.05) is 13.8 Å². The van der Waals surface area contributed by atoms with Crippen molar-refractivity contribution in [3.05, 3.63) is 41.0 Å². The molecule has 5 heteroatoms. The molecule has 0 aliphatic carbocycles. The molecule has 106 valence electrons. The third-order valence-corrected chi connectivity index (χ3v) is 3.22. The first-order valence-electron chi connectivity index (χ1n) is 6.45. The van der Waals surface area contributed by atoms with Crippen molar-refractivity contribution in [1.82, 2.24) is 9.97 Å². The number of methoxy groups -OCH3 is 1. The average Bonchev–Trinajstić information content (AvgIpc) is 2.43. The molecule has 1 aromatic carbocycles. The molecule has 2 rings (SSSR count). The van der Waals surface area contributed by atoms with E-state index in [2.05, 4.69) is 9.97 Å². The number of rotatable bonds is 4. The molecule has 0 atom stereocenters. The average molecular weight is 275 g/mol. The van der Waals surface area contributed by atoms with Crippen LogP contribution >= 0.6 is 0 Å². The Hall–Kier alpha value is -2.01. The second kappa shape index (κ2) is 5.96. The van der Waals surface area contributed by atoms with Crippen molar-refractivity contribution in [2.45, 2.75) is 20.3 Å². The first kappa shape index (κ1) is 14.4. The van der Waals surface area contributed by atoms with Crippen molar-refractivity contribution in [2.24, 2.45) is 5.73 Å². The van der Waals surface area contributed by atoms with Crippen molar-refractivity contribution in [3.63, 3.8) is 0 Å². The number of hydrogen-bond acceptors (Lipinski definition) is 4. The summed E-state index contributed by atoms with van der Waals surface area (Å²) in [5.74, 6) is 0.357. The number of halogens is 1. The number of aryl methyl sites for hydroxylation is 2. The molecule has 0 unspecified atom stereocenters. The number of ether oxygens (including phenoxy) is 1. The number of aromatic nitrogens is 2. The van der Waals surface area contributed by atoms with Gasteiger partial charge in [0, 0.05) is 17.0 Å². The van der Waals surface area contributed by atoms with E-state index in [1.165, 1.54) is 13.2 Å². The lowest BCUT2D eigenvalue weighted by Gasteiger charge is -2.11. The fourth-order valence-electron chi connectivity index (χ4n) is 2.17. The predicted molar refractivity (Wildman–Crippen MR) is 76.2 cm³/mol. The first-order valence-corrected chi connectivity index (χ1v) is 6.45. The Bertz CT molecular complexity index is 606. The predicted octanol–water partition coefficient (Wildman–Crippen LogP) is 2.41. The molecule has 2 aromatic rings. The smallest absolute Gasteiger partial charge is 0.165 e. The second-order valence-electron chi connectivity index (χ2n) is 4.58. The van der Waals surface area contributed by atoms with E-state index in [4.69, 9.17) is 10.5 Å². The Morgan fingerprint density at radius 1 is 1.20 bits per heavy atom. The van der Waals surface area contributed by atoms with Crippen LogP contribution in [0, 0.1) is 19.7 Å². The van der Waals surface area contributed by atoms with Crippen LogP contribution in [0.4, 0.5) is 4.39 Å². The van der Waals surface area contributed by atoms with Crippen molar-refractivity contribution >= 4 is 0 Å². The summed E-state index contributed by atoms with van der Waals surface area (Å²) < 4.78 is 18.4. The molecule has 1 heterocycles. The van der Waals surface area contributed by atoms with Crippen molar-refractivity contribution in [2.75, 3.05) is 13.7 Å².